The van der Waals surface area contributed by atoms with Crippen LogP contribution in [0.1, 0.15) is 0 Å². The minimum Gasteiger partial charge on any atom is -0.342 e. The maximum Gasteiger partial charge on any atom is 0.0742 e. The van der Waals surface area contributed by atoms with Crippen LogP contribution < -0.4 is 0 Å². The summed E-state index contributed by atoms with van der Waals surface area (Å²) >= 11 is 0. The predicted molar refractivity (Wildman–Crippen MR) is 198 cm³/mol. The van der Waals surface area contributed by atoms with E-state index >= 15 is 0 Å². The van der Waals surface area contributed by atoms with E-state index in [2.05, 4.69) is 169 Å². The van der Waals surface area contributed by atoms with Crippen molar-refractivity contribution in [1.29, 1.82) is 0 Å². The first-order valence-electron chi connectivity index (χ1n) is 16.0. The maximum atomic E-state index is 2.43. The summed E-state index contributed by atoms with van der Waals surface area (Å²) in [5, 5.41) is 12.9. The Bertz CT molecular complexity index is 2670. The highest BCUT2D eigenvalue weighted by atomic mass is 15.0. The number of nitrogens with zero attached hydrogens (tertiary/aromatic N) is 2. The summed E-state index contributed by atoms with van der Waals surface area (Å²) in [6, 6.07) is 53.6. The molecule has 2 nitrogen and oxygen atoms in total. The van der Waals surface area contributed by atoms with Gasteiger partial charge in [0.1, 0.15) is 0 Å². The molecule has 2 heteroatoms. The van der Waals surface area contributed by atoms with Crippen LogP contribution in [0.15, 0.2) is 146 Å². The monoisotopic (exact) mass is 586 g/mol. The van der Waals surface area contributed by atoms with Gasteiger partial charge in [-0.25, -0.2) is 0 Å². The Labute approximate surface area is 266 Å². The lowest BCUT2D eigenvalue weighted by atomic mass is 9.95. The van der Waals surface area contributed by atoms with Crippen LogP contribution >= 0.6 is 0 Å². The number of fused-ring (bicyclic) bond motifs is 12. The van der Waals surface area contributed by atoms with E-state index < -0.39 is 0 Å². The third-order valence-corrected chi connectivity index (χ3v) is 10.3. The Morgan fingerprint density at radius 2 is 0.739 bits per heavy atom. The average molecular weight is 587 g/mol. The molecule has 0 aliphatic carbocycles. The summed E-state index contributed by atoms with van der Waals surface area (Å²) in [5.41, 5.74) is 10.1. The van der Waals surface area contributed by atoms with Crippen molar-refractivity contribution < 1.29 is 0 Å². The Hall–Kier alpha value is -5.86. The summed E-state index contributed by atoms with van der Waals surface area (Å²) in [6.07, 6.45) is 0. The van der Waals surface area contributed by atoms with Gasteiger partial charge in [-0.1, -0.05) is 133 Å². The van der Waals surface area contributed by atoms with E-state index in [1.165, 1.54) is 98.2 Å². The van der Waals surface area contributed by atoms with Crippen LogP contribution in [-0.4, -0.2) is 9.13 Å². The highest BCUT2D eigenvalue weighted by molar-refractivity contribution is 6.36. The molecule has 0 radical (unpaired) electrons. The SMILES string of the molecule is Cn1c2cc(-c3cccc4ccccc34)ccc2c2c3ccccc3c3c4ccc(-c5cccc6ccccc56)cc4n(C)c3c21. The number of aromatic nitrogens is 2. The predicted octanol–water partition coefficient (Wildman–Crippen LogP) is 11.8. The molecule has 0 saturated heterocycles. The highest BCUT2D eigenvalue weighted by Crippen LogP contribution is 2.45. The molecule has 0 aliphatic rings. The number of rotatable bonds is 2. The zero-order valence-corrected chi connectivity index (χ0v) is 25.8. The van der Waals surface area contributed by atoms with E-state index in [4.69, 9.17) is 0 Å². The van der Waals surface area contributed by atoms with Gasteiger partial charge >= 0.3 is 0 Å². The van der Waals surface area contributed by atoms with Gasteiger partial charge in [0.05, 0.1) is 11.0 Å². The number of hydrogen-bond donors (Lipinski definition) is 0. The molecule has 0 bridgehead atoms. The van der Waals surface area contributed by atoms with Crippen molar-refractivity contribution in [2.45, 2.75) is 0 Å². The van der Waals surface area contributed by atoms with Gasteiger partial charge in [-0.3, -0.25) is 0 Å². The van der Waals surface area contributed by atoms with Gasteiger partial charge in [-0.15, -0.1) is 0 Å². The van der Waals surface area contributed by atoms with Crippen molar-refractivity contribution in [2.75, 3.05) is 0 Å². The number of benzene rings is 8. The maximum absolute atomic E-state index is 2.43. The zero-order valence-electron chi connectivity index (χ0n) is 25.8. The molecular weight excluding hydrogens is 556 g/mol. The fraction of sp³-hybridized carbons (Fsp3) is 0.0455. The van der Waals surface area contributed by atoms with Crippen LogP contribution in [0.25, 0.3) is 98.2 Å². The van der Waals surface area contributed by atoms with Crippen LogP contribution in [0.5, 0.6) is 0 Å². The lowest BCUT2D eigenvalue weighted by Crippen LogP contribution is -1.93. The summed E-state index contributed by atoms with van der Waals surface area (Å²) in [6.45, 7) is 0. The molecule has 10 aromatic rings. The van der Waals surface area contributed by atoms with E-state index in [9.17, 15) is 0 Å². The molecule has 0 spiro atoms. The van der Waals surface area contributed by atoms with Crippen LogP contribution in [0.4, 0.5) is 0 Å². The standard InChI is InChI=1S/C44H30N2/c1-45-39-25-29(33-19-9-13-27-11-3-5-15-31(27)33)21-23-37(39)41-35-17-7-8-18-36(35)42-38-24-22-30(26-40(38)46(2)44(42)43(41)45)34-20-10-14-28-12-4-6-16-32(28)34/h3-26H,1-2H3. The van der Waals surface area contributed by atoms with Crippen molar-refractivity contribution in [2.24, 2.45) is 14.1 Å². The van der Waals surface area contributed by atoms with Crippen molar-refractivity contribution in [1.82, 2.24) is 9.13 Å². The minimum atomic E-state index is 1.24. The first-order valence-corrected chi connectivity index (χ1v) is 16.0. The second kappa shape index (κ2) is 9.32. The number of aryl methyl sites for hydroxylation is 2. The van der Waals surface area contributed by atoms with Crippen LogP contribution in [-0.2, 0) is 14.1 Å². The average Bonchev–Trinajstić information content (AvgIpc) is 3.57. The van der Waals surface area contributed by atoms with Gasteiger partial charge in [0.2, 0.25) is 0 Å². The Morgan fingerprint density at radius 1 is 0.348 bits per heavy atom. The molecule has 0 aliphatic heterocycles. The summed E-state index contributed by atoms with van der Waals surface area (Å²) in [4.78, 5) is 0. The Kier molecular flexibility index (Phi) is 5.16. The molecule has 2 heterocycles. The summed E-state index contributed by atoms with van der Waals surface area (Å²) in [7, 11) is 4.48. The lowest BCUT2D eigenvalue weighted by Gasteiger charge is -2.08. The van der Waals surface area contributed by atoms with Gasteiger partial charge in [-0.2, -0.15) is 0 Å². The van der Waals surface area contributed by atoms with Crippen LogP contribution in [0.3, 0.4) is 0 Å². The van der Waals surface area contributed by atoms with Crippen molar-refractivity contribution in [3.63, 3.8) is 0 Å². The molecule has 0 N–H and O–H groups in total. The molecular formula is C44H30N2. The van der Waals surface area contributed by atoms with E-state index in [1.807, 2.05) is 0 Å². The van der Waals surface area contributed by atoms with Gasteiger partial charge in [0, 0.05) is 46.7 Å². The van der Waals surface area contributed by atoms with Crippen LogP contribution in [0, 0.1) is 0 Å². The molecule has 2 aromatic heterocycles. The fourth-order valence-corrected chi connectivity index (χ4v) is 8.18. The van der Waals surface area contributed by atoms with E-state index in [0.717, 1.165) is 0 Å². The van der Waals surface area contributed by atoms with Gasteiger partial charge in [0.15, 0.2) is 0 Å². The third kappa shape index (κ3) is 3.36. The highest BCUT2D eigenvalue weighted by Gasteiger charge is 2.22. The quantitative estimate of drug-likeness (QED) is 0.191. The summed E-state index contributed by atoms with van der Waals surface area (Å²) < 4.78 is 4.86. The second-order valence-electron chi connectivity index (χ2n) is 12.6. The van der Waals surface area contributed by atoms with Gasteiger partial charge in [-0.05, 0) is 66.7 Å². The molecule has 0 unspecified atom stereocenters. The molecule has 46 heavy (non-hydrogen) atoms. The molecule has 0 saturated carbocycles. The van der Waals surface area contributed by atoms with Crippen molar-refractivity contribution in [3.8, 4) is 22.3 Å². The minimum absolute atomic E-state index is 1.24. The van der Waals surface area contributed by atoms with Gasteiger partial charge in [0.25, 0.3) is 0 Å². The number of hydrogen-bond acceptors (Lipinski definition) is 0. The topological polar surface area (TPSA) is 9.86 Å². The summed E-state index contributed by atoms with van der Waals surface area (Å²) in [5.74, 6) is 0. The molecule has 216 valence electrons. The second-order valence-corrected chi connectivity index (χ2v) is 12.6. The molecule has 0 fully saturated rings. The Balaban J connectivity index is 1.31. The van der Waals surface area contributed by atoms with E-state index in [0.29, 0.717) is 0 Å². The first-order chi connectivity index (χ1) is 22.7. The molecule has 0 amide bonds. The van der Waals surface area contributed by atoms with E-state index in [-0.39, 0.29) is 0 Å². The first kappa shape index (κ1) is 25.5. The van der Waals surface area contributed by atoms with Gasteiger partial charge < -0.3 is 9.13 Å². The third-order valence-electron chi connectivity index (χ3n) is 10.3. The fourth-order valence-electron chi connectivity index (χ4n) is 8.18. The molecule has 8 aromatic carbocycles. The normalized spacial score (nSPS) is 12.1. The largest absolute Gasteiger partial charge is 0.342 e. The van der Waals surface area contributed by atoms with Crippen molar-refractivity contribution in [3.05, 3.63) is 146 Å². The van der Waals surface area contributed by atoms with Crippen molar-refractivity contribution >= 4 is 75.9 Å². The smallest absolute Gasteiger partial charge is 0.0742 e. The van der Waals surface area contributed by atoms with Crippen LogP contribution in [0.2, 0.25) is 0 Å². The Morgan fingerprint density at radius 3 is 1.20 bits per heavy atom. The molecule has 10 rings (SSSR count). The lowest BCUT2D eigenvalue weighted by molar-refractivity contribution is 0.987. The zero-order chi connectivity index (χ0) is 30.5. The van der Waals surface area contributed by atoms with E-state index in [1.54, 1.807) is 0 Å². The molecule has 0 atom stereocenters.